The first kappa shape index (κ1) is 9.24. The van der Waals surface area contributed by atoms with Crippen molar-refractivity contribution in [1.82, 2.24) is 0 Å². The van der Waals surface area contributed by atoms with E-state index in [1.54, 1.807) is 0 Å². The van der Waals surface area contributed by atoms with Crippen molar-refractivity contribution in [2.24, 2.45) is 5.41 Å². The summed E-state index contributed by atoms with van der Waals surface area (Å²) < 4.78 is 0. The van der Waals surface area contributed by atoms with E-state index in [0.29, 0.717) is 5.78 Å². The summed E-state index contributed by atoms with van der Waals surface area (Å²) in [5.41, 5.74) is -0.200. The molecule has 0 amide bonds. The van der Waals surface area contributed by atoms with Crippen LogP contribution in [-0.2, 0) is 4.79 Å². The Labute approximate surface area is 74.2 Å². The van der Waals surface area contributed by atoms with Gasteiger partial charge in [-0.1, -0.05) is 12.2 Å². The van der Waals surface area contributed by atoms with Crippen LogP contribution in [0.3, 0.4) is 0 Å². The van der Waals surface area contributed by atoms with E-state index in [2.05, 4.69) is 13.2 Å². The number of Topliss-reactive ketones (excluding diaryl/α,β-unsaturated/α-hetero) is 1. The summed E-state index contributed by atoms with van der Waals surface area (Å²) in [6, 6.07) is 0. The SMILES string of the molecule is C=CCCC1(C=C)CCCC1=O. The van der Waals surface area contributed by atoms with Gasteiger partial charge < -0.3 is 0 Å². The van der Waals surface area contributed by atoms with Crippen molar-refractivity contribution in [2.75, 3.05) is 0 Å². The number of allylic oxidation sites excluding steroid dienone is 2. The van der Waals surface area contributed by atoms with E-state index in [4.69, 9.17) is 0 Å². The van der Waals surface area contributed by atoms with Gasteiger partial charge in [-0.2, -0.15) is 0 Å². The molecule has 66 valence electrons. The number of ketones is 1. The lowest BCUT2D eigenvalue weighted by Gasteiger charge is -2.21. The Kier molecular flexibility index (Phi) is 2.85. The molecule has 1 saturated carbocycles. The van der Waals surface area contributed by atoms with E-state index >= 15 is 0 Å². The van der Waals surface area contributed by atoms with Gasteiger partial charge in [-0.3, -0.25) is 4.79 Å². The molecule has 0 saturated heterocycles. The van der Waals surface area contributed by atoms with Gasteiger partial charge in [0.05, 0.1) is 0 Å². The number of carbonyl (C=O) groups is 1. The van der Waals surface area contributed by atoms with Crippen LogP contribution < -0.4 is 0 Å². The van der Waals surface area contributed by atoms with Crippen molar-refractivity contribution in [3.63, 3.8) is 0 Å². The lowest BCUT2D eigenvalue weighted by atomic mass is 9.81. The summed E-state index contributed by atoms with van der Waals surface area (Å²) in [4.78, 5) is 11.5. The van der Waals surface area contributed by atoms with Gasteiger partial charge in [0.2, 0.25) is 0 Å². The Bertz CT molecular complexity index is 205. The molecule has 0 aromatic rings. The summed E-state index contributed by atoms with van der Waals surface area (Å²) in [6.07, 6.45) is 8.29. The molecule has 1 atom stereocenters. The van der Waals surface area contributed by atoms with Gasteiger partial charge in [0.25, 0.3) is 0 Å². The van der Waals surface area contributed by atoms with E-state index in [9.17, 15) is 4.79 Å². The zero-order valence-electron chi connectivity index (χ0n) is 7.51. The predicted octanol–water partition coefficient (Wildman–Crippen LogP) is 2.88. The molecule has 1 aliphatic carbocycles. The third-order valence-corrected chi connectivity index (χ3v) is 2.77. The third kappa shape index (κ3) is 1.50. The molecule has 0 spiro atoms. The summed E-state index contributed by atoms with van der Waals surface area (Å²) in [5, 5.41) is 0. The van der Waals surface area contributed by atoms with E-state index in [0.717, 1.165) is 32.1 Å². The number of rotatable bonds is 4. The highest BCUT2D eigenvalue weighted by Gasteiger charge is 2.37. The lowest BCUT2D eigenvalue weighted by molar-refractivity contribution is -0.123. The predicted molar refractivity (Wildman–Crippen MR) is 50.9 cm³/mol. The summed E-state index contributed by atoms with van der Waals surface area (Å²) in [6.45, 7) is 7.43. The zero-order valence-corrected chi connectivity index (χ0v) is 7.51. The molecule has 0 aromatic heterocycles. The Morgan fingerprint density at radius 2 is 2.25 bits per heavy atom. The molecule has 0 bridgehead atoms. The zero-order chi connectivity index (χ0) is 9.03. The average Bonchev–Trinajstić information content (AvgIpc) is 2.45. The van der Waals surface area contributed by atoms with Crippen molar-refractivity contribution in [2.45, 2.75) is 32.1 Å². The number of hydrogen-bond acceptors (Lipinski definition) is 1. The van der Waals surface area contributed by atoms with Crippen LogP contribution in [0.25, 0.3) is 0 Å². The van der Waals surface area contributed by atoms with Crippen molar-refractivity contribution < 1.29 is 4.79 Å². The van der Waals surface area contributed by atoms with Crippen LogP contribution in [0, 0.1) is 5.41 Å². The first-order chi connectivity index (χ1) is 5.75. The highest BCUT2D eigenvalue weighted by Crippen LogP contribution is 2.39. The molecule has 0 aromatic carbocycles. The summed E-state index contributed by atoms with van der Waals surface area (Å²) in [7, 11) is 0. The van der Waals surface area contributed by atoms with E-state index < -0.39 is 0 Å². The molecular weight excluding hydrogens is 148 g/mol. The molecule has 0 heterocycles. The van der Waals surface area contributed by atoms with Crippen molar-refractivity contribution >= 4 is 5.78 Å². The van der Waals surface area contributed by atoms with Gasteiger partial charge in [-0.15, -0.1) is 13.2 Å². The van der Waals surface area contributed by atoms with Crippen LogP contribution in [0.1, 0.15) is 32.1 Å². The topological polar surface area (TPSA) is 17.1 Å². The average molecular weight is 164 g/mol. The van der Waals surface area contributed by atoms with Gasteiger partial charge in [-0.25, -0.2) is 0 Å². The Morgan fingerprint density at radius 3 is 2.67 bits per heavy atom. The van der Waals surface area contributed by atoms with Crippen LogP contribution in [0.5, 0.6) is 0 Å². The van der Waals surface area contributed by atoms with Crippen LogP contribution in [0.15, 0.2) is 25.3 Å². The van der Waals surface area contributed by atoms with Crippen LogP contribution in [0.2, 0.25) is 0 Å². The highest BCUT2D eigenvalue weighted by molar-refractivity contribution is 5.88. The van der Waals surface area contributed by atoms with Crippen molar-refractivity contribution in [3.05, 3.63) is 25.3 Å². The van der Waals surface area contributed by atoms with E-state index in [1.807, 2.05) is 12.2 Å². The second-order valence-corrected chi connectivity index (χ2v) is 3.46. The maximum absolute atomic E-state index is 11.5. The fourth-order valence-electron chi connectivity index (χ4n) is 1.89. The van der Waals surface area contributed by atoms with Crippen LogP contribution >= 0.6 is 0 Å². The minimum Gasteiger partial charge on any atom is -0.299 e. The van der Waals surface area contributed by atoms with Gasteiger partial charge >= 0.3 is 0 Å². The van der Waals surface area contributed by atoms with Crippen LogP contribution in [-0.4, -0.2) is 5.78 Å². The summed E-state index contributed by atoms with van der Waals surface area (Å²) >= 11 is 0. The second-order valence-electron chi connectivity index (χ2n) is 3.46. The molecule has 1 rings (SSSR count). The fraction of sp³-hybridized carbons (Fsp3) is 0.545. The lowest BCUT2D eigenvalue weighted by Crippen LogP contribution is -2.22. The molecular formula is C11H16O. The Balaban J connectivity index is 2.67. The molecule has 1 fully saturated rings. The monoisotopic (exact) mass is 164 g/mol. The normalized spacial score (nSPS) is 28.8. The van der Waals surface area contributed by atoms with Gasteiger partial charge in [0.1, 0.15) is 5.78 Å². The van der Waals surface area contributed by atoms with Crippen molar-refractivity contribution in [3.8, 4) is 0 Å². The Morgan fingerprint density at radius 1 is 1.50 bits per heavy atom. The molecule has 1 nitrogen and oxygen atoms in total. The van der Waals surface area contributed by atoms with E-state index in [-0.39, 0.29) is 5.41 Å². The van der Waals surface area contributed by atoms with E-state index in [1.165, 1.54) is 0 Å². The number of hydrogen-bond donors (Lipinski definition) is 0. The standard InChI is InChI=1S/C11H16O/c1-3-5-8-11(4-2)9-6-7-10(11)12/h3-4H,1-2,5-9H2. The molecule has 1 aliphatic rings. The smallest absolute Gasteiger partial charge is 0.142 e. The molecule has 1 unspecified atom stereocenters. The second kappa shape index (κ2) is 3.70. The minimum absolute atomic E-state index is 0.200. The summed E-state index contributed by atoms with van der Waals surface area (Å²) in [5.74, 6) is 0.374. The van der Waals surface area contributed by atoms with Crippen molar-refractivity contribution in [1.29, 1.82) is 0 Å². The quantitative estimate of drug-likeness (QED) is 0.584. The minimum atomic E-state index is -0.200. The maximum Gasteiger partial charge on any atom is 0.142 e. The maximum atomic E-state index is 11.5. The molecule has 0 aliphatic heterocycles. The largest absolute Gasteiger partial charge is 0.299 e. The van der Waals surface area contributed by atoms with Crippen LogP contribution in [0.4, 0.5) is 0 Å². The van der Waals surface area contributed by atoms with Gasteiger partial charge in [-0.05, 0) is 25.7 Å². The number of carbonyl (C=O) groups excluding carboxylic acids is 1. The van der Waals surface area contributed by atoms with Gasteiger partial charge in [0.15, 0.2) is 0 Å². The molecule has 12 heavy (non-hydrogen) atoms. The Hall–Kier alpha value is -0.850. The first-order valence-electron chi connectivity index (χ1n) is 4.53. The fourth-order valence-corrected chi connectivity index (χ4v) is 1.89. The highest BCUT2D eigenvalue weighted by atomic mass is 16.1. The molecule has 1 heteroatoms. The first-order valence-corrected chi connectivity index (χ1v) is 4.53. The molecule has 0 radical (unpaired) electrons. The molecule has 0 N–H and O–H groups in total. The van der Waals surface area contributed by atoms with Gasteiger partial charge in [0, 0.05) is 11.8 Å². The third-order valence-electron chi connectivity index (χ3n) is 2.77.